The smallest absolute Gasteiger partial charge is 0.279 e. The first-order valence-corrected chi connectivity index (χ1v) is 8.58. The van der Waals surface area contributed by atoms with E-state index < -0.39 is 0 Å². The third-order valence-electron chi connectivity index (χ3n) is 4.72. The molecule has 5 heteroatoms. The van der Waals surface area contributed by atoms with Gasteiger partial charge in [0.25, 0.3) is 5.91 Å². The molecule has 3 aromatic rings. The Morgan fingerprint density at radius 2 is 1.96 bits per heavy atom. The first-order valence-electron chi connectivity index (χ1n) is 8.58. The summed E-state index contributed by atoms with van der Waals surface area (Å²) in [6, 6.07) is 14.1. The molecule has 128 valence electrons. The van der Waals surface area contributed by atoms with Crippen molar-refractivity contribution >= 4 is 17.2 Å². The molecule has 1 atom stereocenters. The molecule has 0 radical (unpaired) electrons. The van der Waals surface area contributed by atoms with Crippen molar-refractivity contribution in [1.29, 1.82) is 0 Å². The number of para-hydroxylation sites is 1. The molecule has 0 aliphatic carbocycles. The molecular weight excluding hydrogens is 312 g/mol. The number of anilines is 1. The second-order valence-electron chi connectivity index (χ2n) is 6.93. The van der Waals surface area contributed by atoms with E-state index in [9.17, 15) is 4.79 Å². The van der Waals surface area contributed by atoms with Crippen molar-refractivity contribution in [1.82, 2.24) is 14.3 Å². The van der Waals surface area contributed by atoms with Crippen LogP contribution in [0.1, 0.15) is 28.7 Å². The minimum absolute atomic E-state index is 0.0157. The van der Waals surface area contributed by atoms with Gasteiger partial charge in [-0.15, -0.1) is 0 Å². The number of carbonyl (C=O) groups is 1. The van der Waals surface area contributed by atoms with E-state index in [-0.39, 0.29) is 11.9 Å². The van der Waals surface area contributed by atoms with Gasteiger partial charge in [0, 0.05) is 24.5 Å². The Morgan fingerprint density at radius 3 is 2.76 bits per heavy atom. The molecule has 1 aliphatic rings. The molecule has 0 fully saturated rings. The minimum atomic E-state index is -0.0157. The van der Waals surface area contributed by atoms with Crippen LogP contribution in [0.5, 0.6) is 0 Å². The number of fused-ring (bicyclic) bond motifs is 2. The highest BCUT2D eigenvalue weighted by Crippen LogP contribution is 2.33. The number of pyridine rings is 1. The zero-order valence-corrected chi connectivity index (χ0v) is 14.8. The first-order chi connectivity index (χ1) is 12.1. The number of amides is 1. The average Bonchev–Trinajstić information content (AvgIpc) is 3.11. The number of aromatic nitrogens is 2. The molecule has 1 unspecified atom stereocenters. The van der Waals surface area contributed by atoms with Crippen LogP contribution < -0.4 is 4.90 Å². The highest BCUT2D eigenvalue weighted by Gasteiger charge is 2.34. The number of hydrogen-bond acceptors (Lipinski definition) is 3. The van der Waals surface area contributed by atoms with Gasteiger partial charge in [-0.25, -0.2) is 4.98 Å². The second-order valence-corrected chi connectivity index (χ2v) is 6.93. The molecule has 4 rings (SSSR count). The third-order valence-corrected chi connectivity index (χ3v) is 4.72. The third kappa shape index (κ3) is 2.61. The number of nitrogens with zero attached hydrogens (tertiary/aromatic N) is 4. The van der Waals surface area contributed by atoms with E-state index >= 15 is 0 Å². The molecular formula is C20H22N4O. The number of benzene rings is 1. The topological polar surface area (TPSA) is 40.9 Å². The Kier molecular flexibility index (Phi) is 3.81. The predicted octanol–water partition coefficient (Wildman–Crippen LogP) is 2.99. The summed E-state index contributed by atoms with van der Waals surface area (Å²) >= 11 is 0. The number of hydrogen-bond donors (Lipinski definition) is 0. The van der Waals surface area contributed by atoms with Crippen LogP contribution >= 0.6 is 0 Å². The maximum absolute atomic E-state index is 13.4. The standard InChI is InChI=1S/C20H22N4O/c1-14-12-15-8-4-5-9-16(15)24(14)20(25)19-17(13-22(2)3)23-11-7-6-10-18(23)21-19/h4-11,14H,12-13H2,1-3H3. The van der Waals surface area contributed by atoms with Crippen LogP contribution in [0.3, 0.4) is 0 Å². The molecule has 0 saturated heterocycles. The van der Waals surface area contributed by atoms with Gasteiger partial charge in [0.1, 0.15) is 5.65 Å². The van der Waals surface area contributed by atoms with Crippen molar-refractivity contribution in [2.75, 3.05) is 19.0 Å². The summed E-state index contributed by atoms with van der Waals surface area (Å²) in [4.78, 5) is 22.0. The average molecular weight is 334 g/mol. The summed E-state index contributed by atoms with van der Waals surface area (Å²) in [5, 5.41) is 0. The number of rotatable bonds is 3. The molecule has 0 saturated carbocycles. The van der Waals surface area contributed by atoms with Gasteiger partial charge < -0.3 is 14.2 Å². The van der Waals surface area contributed by atoms with Gasteiger partial charge in [-0.2, -0.15) is 0 Å². The predicted molar refractivity (Wildman–Crippen MR) is 99.0 cm³/mol. The Bertz CT molecular complexity index is 944. The molecule has 0 N–H and O–H groups in total. The maximum Gasteiger partial charge on any atom is 0.279 e. The summed E-state index contributed by atoms with van der Waals surface area (Å²) in [5.41, 5.74) is 4.52. The van der Waals surface area contributed by atoms with E-state index in [2.05, 4.69) is 22.9 Å². The quantitative estimate of drug-likeness (QED) is 0.739. The molecule has 5 nitrogen and oxygen atoms in total. The zero-order valence-electron chi connectivity index (χ0n) is 14.8. The Morgan fingerprint density at radius 1 is 1.20 bits per heavy atom. The van der Waals surface area contributed by atoms with E-state index in [4.69, 9.17) is 0 Å². The van der Waals surface area contributed by atoms with Crippen LogP contribution in [0, 0.1) is 0 Å². The second kappa shape index (κ2) is 6.01. The van der Waals surface area contributed by atoms with E-state index in [0.717, 1.165) is 23.4 Å². The van der Waals surface area contributed by atoms with Gasteiger partial charge in [0.2, 0.25) is 0 Å². The lowest BCUT2D eigenvalue weighted by Gasteiger charge is -2.22. The lowest BCUT2D eigenvalue weighted by molar-refractivity contribution is 0.0975. The lowest BCUT2D eigenvalue weighted by Crippen LogP contribution is -2.36. The van der Waals surface area contributed by atoms with Crippen molar-refractivity contribution in [2.24, 2.45) is 0 Å². The molecule has 3 heterocycles. The van der Waals surface area contributed by atoms with Crippen LogP contribution in [-0.4, -0.2) is 40.3 Å². The molecule has 2 aromatic heterocycles. The van der Waals surface area contributed by atoms with Gasteiger partial charge in [-0.05, 0) is 51.2 Å². The lowest BCUT2D eigenvalue weighted by atomic mass is 10.1. The fourth-order valence-corrected chi connectivity index (χ4v) is 3.66. The minimum Gasteiger partial charge on any atom is -0.304 e. The first kappa shape index (κ1) is 15.8. The highest BCUT2D eigenvalue weighted by molar-refractivity contribution is 6.07. The Labute approximate surface area is 147 Å². The van der Waals surface area contributed by atoms with E-state index in [0.29, 0.717) is 12.2 Å². The van der Waals surface area contributed by atoms with Gasteiger partial charge in [-0.1, -0.05) is 24.3 Å². The molecule has 1 aliphatic heterocycles. The zero-order chi connectivity index (χ0) is 17.6. The van der Waals surface area contributed by atoms with Crippen molar-refractivity contribution in [2.45, 2.75) is 25.9 Å². The van der Waals surface area contributed by atoms with Crippen molar-refractivity contribution in [3.05, 3.63) is 65.6 Å². The summed E-state index contributed by atoms with van der Waals surface area (Å²) in [5.74, 6) is -0.0157. The largest absolute Gasteiger partial charge is 0.304 e. The van der Waals surface area contributed by atoms with Gasteiger partial charge >= 0.3 is 0 Å². The summed E-state index contributed by atoms with van der Waals surface area (Å²) in [6.45, 7) is 2.76. The van der Waals surface area contributed by atoms with Crippen LogP contribution in [0.15, 0.2) is 48.7 Å². The number of imidazole rings is 1. The van der Waals surface area contributed by atoms with Crippen LogP contribution in [0.25, 0.3) is 5.65 Å². The van der Waals surface area contributed by atoms with Crippen LogP contribution in [0.2, 0.25) is 0 Å². The number of carbonyl (C=O) groups excluding carboxylic acids is 1. The monoisotopic (exact) mass is 334 g/mol. The fraction of sp³-hybridized carbons (Fsp3) is 0.300. The van der Waals surface area contributed by atoms with Crippen molar-refractivity contribution < 1.29 is 4.79 Å². The Hall–Kier alpha value is -2.66. The maximum atomic E-state index is 13.4. The van der Waals surface area contributed by atoms with Crippen LogP contribution in [0.4, 0.5) is 5.69 Å². The van der Waals surface area contributed by atoms with Gasteiger partial charge in [-0.3, -0.25) is 4.79 Å². The van der Waals surface area contributed by atoms with E-state index in [1.807, 2.05) is 66.0 Å². The van der Waals surface area contributed by atoms with E-state index in [1.54, 1.807) is 0 Å². The van der Waals surface area contributed by atoms with Crippen LogP contribution in [-0.2, 0) is 13.0 Å². The molecule has 25 heavy (non-hydrogen) atoms. The van der Waals surface area contributed by atoms with Gasteiger partial charge in [0.05, 0.1) is 5.69 Å². The van der Waals surface area contributed by atoms with Crippen molar-refractivity contribution in [3.8, 4) is 0 Å². The van der Waals surface area contributed by atoms with E-state index in [1.165, 1.54) is 5.56 Å². The normalized spacial score (nSPS) is 16.6. The molecule has 0 bridgehead atoms. The summed E-state index contributed by atoms with van der Waals surface area (Å²) in [7, 11) is 4.01. The van der Waals surface area contributed by atoms with Crippen molar-refractivity contribution in [3.63, 3.8) is 0 Å². The molecule has 1 aromatic carbocycles. The molecule has 0 spiro atoms. The van der Waals surface area contributed by atoms with Gasteiger partial charge in [0.15, 0.2) is 5.69 Å². The SMILES string of the molecule is CC1Cc2ccccc2N1C(=O)c1nc2ccccn2c1CN(C)C. The highest BCUT2D eigenvalue weighted by atomic mass is 16.2. The summed E-state index contributed by atoms with van der Waals surface area (Å²) < 4.78 is 2.01. The molecule has 1 amide bonds. The fourth-order valence-electron chi connectivity index (χ4n) is 3.66. The Balaban J connectivity index is 1.83. The summed E-state index contributed by atoms with van der Waals surface area (Å²) in [6.07, 6.45) is 2.86.